The van der Waals surface area contributed by atoms with Crippen LogP contribution in [-0.2, 0) is 9.53 Å². The summed E-state index contributed by atoms with van der Waals surface area (Å²) in [6, 6.07) is 14.9. The Hall–Kier alpha value is -3.10. The van der Waals surface area contributed by atoms with Gasteiger partial charge in [-0.25, -0.2) is 4.79 Å². The van der Waals surface area contributed by atoms with Gasteiger partial charge in [0, 0.05) is 10.7 Å². The van der Waals surface area contributed by atoms with Crippen molar-refractivity contribution in [3.05, 3.63) is 70.3 Å². The zero-order valence-electron chi connectivity index (χ0n) is 14.3. The Balaban J connectivity index is 2.09. The molecule has 26 heavy (non-hydrogen) atoms. The van der Waals surface area contributed by atoms with E-state index in [1.54, 1.807) is 62.4 Å². The minimum atomic E-state index is -0.542. The predicted octanol–water partition coefficient (Wildman–Crippen LogP) is 4.45. The summed E-state index contributed by atoms with van der Waals surface area (Å²) in [6.45, 7) is 3.53. The summed E-state index contributed by atoms with van der Waals surface area (Å²) in [4.78, 5) is 24.1. The fraction of sp³-hybridized carbons (Fsp3) is 0.150. The molecule has 132 valence electrons. The summed E-state index contributed by atoms with van der Waals surface area (Å²) < 4.78 is 5.10. The molecule has 1 N–H and O–H groups in total. The van der Waals surface area contributed by atoms with Crippen molar-refractivity contribution in [1.29, 1.82) is 5.26 Å². The maximum Gasteiger partial charge on any atom is 0.338 e. The van der Waals surface area contributed by atoms with Crippen molar-refractivity contribution in [1.82, 2.24) is 0 Å². The SMILES string of the molecule is CC(C)OC(=O)c1ccc(NC(=O)C(C#N)=Cc2ccc(Cl)cc2)cc1. The minimum absolute atomic E-state index is 0.0457. The smallest absolute Gasteiger partial charge is 0.338 e. The highest BCUT2D eigenvalue weighted by Crippen LogP contribution is 2.15. The molecule has 0 aromatic heterocycles. The molecule has 0 saturated carbocycles. The Kier molecular flexibility index (Phi) is 6.54. The second kappa shape index (κ2) is 8.84. The molecule has 0 atom stereocenters. The third kappa shape index (κ3) is 5.47. The van der Waals surface area contributed by atoms with Crippen LogP contribution in [-0.4, -0.2) is 18.0 Å². The summed E-state index contributed by atoms with van der Waals surface area (Å²) >= 11 is 5.82. The fourth-order valence-electron chi connectivity index (χ4n) is 2.04. The number of carbonyl (C=O) groups is 2. The quantitative estimate of drug-likeness (QED) is 0.480. The molecule has 0 aliphatic rings. The average Bonchev–Trinajstić information content (AvgIpc) is 2.61. The van der Waals surface area contributed by atoms with Gasteiger partial charge in [-0.3, -0.25) is 4.79 Å². The number of amides is 1. The van der Waals surface area contributed by atoms with Crippen LogP contribution in [0.4, 0.5) is 5.69 Å². The highest BCUT2D eigenvalue weighted by atomic mass is 35.5. The highest BCUT2D eigenvalue weighted by molar-refractivity contribution is 6.30. The normalized spacial score (nSPS) is 11.0. The van der Waals surface area contributed by atoms with Crippen LogP contribution in [0, 0.1) is 11.3 Å². The summed E-state index contributed by atoms with van der Waals surface area (Å²) in [5.41, 5.74) is 1.49. The number of nitrogens with one attached hydrogen (secondary N) is 1. The van der Waals surface area contributed by atoms with Crippen molar-refractivity contribution >= 4 is 35.2 Å². The molecule has 0 spiro atoms. The van der Waals surface area contributed by atoms with Crippen LogP contribution in [0.2, 0.25) is 5.02 Å². The first-order chi connectivity index (χ1) is 12.4. The van der Waals surface area contributed by atoms with E-state index in [1.807, 2.05) is 6.07 Å². The number of benzene rings is 2. The van der Waals surface area contributed by atoms with Crippen molar-refractivity contribution in [3.63, 3.8) is 0 Å². The molecule has 1 amide bonds. The van der Waals surface area contributed by atoms with E-state index in [2.05, 4.69) is 5.32 Å². The third-order valence-electron chi connectivity index (χ3n) is 3.27. The molecule has 0 bridgehead atoms. The molecule has 6 heteroatoms. The van der Waals surface area contributed by atoms with E-state index in [1.165, 1.54) is 6.08 Å². The molecule has 2 aromatic rings. The van der Waals surface area contributed by atoms with Gasteiger partial charge < -0.3 is 10.1 Å². The van der Waals surface area contributed by atoms with Crippen molar-refractivity contribution in [2.24, 2.45) is 0 Å². The lowest BCUT2D eigenvalue weighted by molar-refractivity contribution is -0.112. The number of ether oxygens (including phenoxy) is 1. The van der Waals surface area contributed by atoms with Gasteiger partial charge in [0.15, 0.2) is 0 Å². The Morgan fingerprint density at radius 1 is 1.12 bits per heavy atom. The van der Waals surface area contributed by atoms with Crippen molar-refractivity contribution in [3.8, 4) is 6.07 Å². The number of esters is 1. The van der Waals surface area contributed by atoms with Gasteiger partial charge in [-0.15, -0.1) is 0 Å². The molecule has 0 aliphatic carbocycles. The molecular weight excluding hydrogens is 352 g/mol. The van der Waals surface area contributed by atoms with Crippen molar-refractivity contribution in [2.75, 3.05) is 5.32 Å². The van der Waals surface area contributed by atoms with E-state index in [0.717, 1.165) is 0 Å². The molecule has 0 unspecified atom stereocenters. The lowest BCUT2D eigenvalue weighted by Gasteiger charge is -2.09. The lowest BCUT2D eigenvalue weighted by Crippen LogP contribution is -2.14. The largest absolute Gasteiger partial charge is 0.459 e. The van der Waals surface area contributed by atoms with Gasteiger partial charge in [0.25, 0.3) is 5.91 Å². The Morgan fingerprint density at radius 3 is 2.27 bits per heavy atom. The summed E-state index contributed by atoms with van der Waals surface area (Å²) in [7, 11) is 0. The number of nitrogens with zero attached hydrogens (tertiary/aromatic N) is 1. The Bertz CT molecular complexity index is 863. The van der Waals surface area contributed by atoms with E-state index in [0.29, 0.717) is 21.8 Å². The number of rotatable bonds is 5. The fourth-order valence-corrected chi connectivity index (χ4v) is 2.17. The number of halogens is 1. The lowest BCUT2D eigenvalue weighted by atomic mass is 10.1. The van der Waals surface area contributed by atoms with Gasteiger partial charge in [0.2, 0.25) is 0 Å². The Morgan fingerprint density at radius 2 is 1.73 bits per heavy atom. The summed E-state index contributed by atoms with van der Waals surface area (Å²) in [6.07, 6.45) is 1.26. The predicted molar refractivity (Wildman–Crippen MR) is 101 cm³/mol. The molecule has 0 fully saturated rings. The molecule has 2 aromatic carbocycles. The number of hydrogen-bond acceptors (Lipinski definition) is 4. The molecule has 0 aliphatic heterocycles. The standard InChI is InChI=1S/C20H17ClN2O3/c1-13(2)26-20(25)15-5-9-18(10-6-15)23-19(24)16(12-22)11-14-3-7-17(21)8-4-14/h3-11,13H,1-2H3,(H,23,24). The van der Waals surface area contributed by atoms with Crippen LogP contribution in [0.25, 0.3) is 6.08 Å². The van der Waals surface area contributed by atoms with Crippen LogP contribution in [0.3, 0.4) is 0 Å². The van der Waals surface area contributed by atoms with E-state index in [4.69, 9.17) is 16.3 Å². The summed E-state index contributed by atoms with van der Waals surface area (Å²) in [5, 5.41) is 12.4. The topological polar surface area (TPSA) is 79.2 Å². The van der Waals surface area contributed by atoms with Gasteiger partial charge >= 0.3 is 5.97 Å². The van der Waals surface area contributed by atoms with E-state index >= 15 is 0 Å². The monoisotopic (exact) mass is 368 g/mol. The first kappa shape index (κ1) is 19.2. The molecule has 5 nitrogen and oxygen atoms in total. The van der Waals surface area contributed by atoms with Crippen molar-refractivity contribution in [2.45, 2.75) is 20.0 Å². The second-order valence-corrected chi connectivity index (χ2v) is 6.14. The maximum atomic E-state index is 12.3. The van der Waals surface area contributed by atoms with E-state index in [9.17, 15) is 14.9 Å². The Labute approximate surface area is 156 Å². The number of nitriles is 1. The van der Waals surface area contributed by atoms with Crippen molar-refractivity contribution < 1.29 is 14.3 Å². The van der Waals surface area contributed by atoms with Crippen LogP contribution in [0.1, 0.15) is 29.8 Å². The zero-order valence-corrected chi connectivity index (χ0v) is 15.1. The zero-order chi connectivity index (χ0) is 19.1. The van der Waals surface area contributed by atoms with E-state index in [-0.39, 0.29) is 11.7 Å². The second-order valence-electron chi connectivity index (χ2n) is 5.71. The molecule has 0 heterocycles. The van der Waals surface area contributed by atoms with Crippen LogP contribution in [0.15, 0.2) is 54.1 Å². The van der Waals surface area contributed by atoms with Gasteiger partial charge in [-0.1, -0.05) is 23.7 Å². The molecule has 2 rings (SSSR count). The van der Waals surface area contributed by atoms with Gasteiger partial charge in [0.05, 0.1) is 11.7 Å². The first-order valence-corrected chi connectivity index (χ1v) is 8.26. The number of hydrogen-bond donors (Lipinski definition) is 1. The van der Waals surface area contributed by atoms with Gasteiger partial charge in [-0.2, -0.15) is 5.26 Å². The van der Waals surface area contributed by atoms with E-state index < -0.39 is 11.9 Å². The molecular formula is C20H17ClN2O3. The number of anilines is 1. The number of carbonyl (C=O) groups excluding carboxylic acids is 2. The first-order valence-electron chi connectivity index (χ1n) is 7.89. The van der Waals surface area contributed by atoms with Crippen LogP contribution < -0.4 is 5.32 Å². The molecule has 0 saturated heterocycles. The highest BCUT2D eigenvalue weighted by Gasteiger charge is 2.12. The van der Waals surface area contributed by atoms with Gasteiger partial charge in [-0.05, 0) is 61.9 Å². The van der Waals surface area contributed by atoms with Crippen LogP contribution >= 0.6 is 11.6 Å². The van der Waals surface area contributed by atoms with Crippen LogP contribution in [0.5, 0.6) is 0 Å². The minimum Gasteiger partial charge on any atom is -0.459 e. The average molecular weight is 369 g/mol. The van der Waals surface area contributed by atoms with Gasteiger partial charge in [0.1, 0.15) is 11.6 Å². The summed E-state index contributed by atoms with van der Waals surface area (Å²) in [5.74, 6) is -0.974. The maximum absolute atomic E-state index is 12.3. The molecule has 0 radical (unpaired) electrons. The third-order valence-corrected chi connectivity index (χ3v) is 3.52.